The van der Waals surface area contributed by atoms with Gasteiger partial charge in [0, 0.05) is 32.3 Å². The number of rotatable bonds is 7. The number of nitrogens with zero attached hydrogens (tertiary/aromatic N) is 1. The van der Waals surface area contributed by atoms with E-state index in [0.29, 0.717) is 25.4 Å². The lowest BCUT2D eigenvalue weighted by atomic mass is 10.2. The Morgan fingerprint density at radius 2 is 1.81 bits per heavy atom. The van der Waals surface area contributed by atoms with Crippen LogP contribution in [0.15, 0.2) is 54.6 Å². The van der Waals surface area contributed by atoms with Gasteiger partial charge in [-0.15, -0.1) is 0 Å². The highest BCUT2D eigenvalue weighted by Gasteiger charge is 2.23. The zero-order valence-electron chi connectivity index (χ0n) is 15.4. The lowest BCUT2D eigenvalue weighted by Crippen LogP contribution is -2.41. The van der Waals surface area contributed by atoms with E-state index in [1.165, 1.54) is 6.92 Å². The second-order valence-corrected chi connectivity index (χ2v) is 6.37. The van der Waals surface area contributed by atoms with E-state index >= 15 is 0 Å². The molecule has 2 aromatic carbocycles. The molecule has 0 radical (unpaired) electrons. The zero-order valence-corrected chi connectivity index (χ0v) is 15.4. The van der Waals surface area contributed by atoms with Crippen molar-refractivity contribution in [3.05, 3.63) is 54.6 Å². The van der Waals surface area contributed by atoms with E-state index in [2.05, 4.69) is 5.32 Å². The third-order valence-electron chi connectivity index (χ3n) is 4.36. The Hall–Kier alpha value is -2.86. The van der Waals surface area contributed by atoms with E-state index < -0.39 is 0 Å². The predicted octanol–water partition coefficient (Wildman–Crippen LogP) is 3.13. The molecule has 2 aromatic rings. The molecule has 6 nitrogen and oxygen atoms in total. The molecule has 0 aromatic heterocycles. The summed E-state index contributed by atoms with van der Waals surface area (Å²) < 4.78 is 11.1. The Morgan fingerprint density at radius 3 is 2.44 bits per heavy atom. The van der Waals surface area contributed by atoms with Gasteiger partial charge in [-0.3, -0.25) is 9.59 Å². The number of ether oxygens (including phenoxy) is 2. The minimum absolute atomic E-state index is 0.0851. The molecule has 3 rings (SSSR count). The van der Waals surface area contributed by atoms with E-state index in [-0.39, 0.29) is 17.9 Å². The van der Waals surface area contributed by atoms with Gasteiger partial charge >= 0.3 is 0 Å². The normalized spacial score (nSPS) is 16.0. The van der Waals surface area contributed by atoms with Gasteiger partial charge in [-0.2, -0.15) is 0 Å². The number of hydrogen-bond acceptors (Lipinski definition) is 4. The van der Waals surface area contributed by atoms with Gasteiger partial charge in [-0.25, -0.2) is 0 Å². The monoisotopic (exact) mass is 368 g/mol. The summed E-state index contributed by atoms with van der Waals surface area (Å²) in [6, 6.07) is 16.8. The maximum absolute atomic E-state index is 12.0. The Morgan fingerprint density at radius 1 is 1.11 bits per heavy atom. The first-order chi connectivity index (χ1) is 13.1. The van der Waals surface area contributed by atoms with Gasteiger partial charge in [0.05, 0.1) is 0 Å². The molecule has 1 saturated heterocycles. The first-order valence-electron chi connectivity index (χ1n) is 9.14. The smallest absolute Gasteiger partial charge is 0.249 e. The van der Waals surface area contributed by atoms with Crippen LogP contribution in [0, 0.1) is 0 Å². The highest BCUT2D eigenvalue weighted by molar-refractivity contribution is 5.91. The summed E-state index contributed by atoms with van der Waals surface area (Å²) in [5, 5.41) is 2.84. The fraction of sp³-hybridized carbons (Fsp3) is 0.333. The van der Waals surface area contributed by atoms with Crippen LogP contribution in [0.4, 0.5) is 5.69 Å². The summed E-state index contributed by atoms with van der Waals surface area (Å²) in [5.41, 5.74) is 0.759. The number of nitrogens with one attached hydrogen (secondary N) is 1. The number of anilines is 1. The standard InChI is InChI=1S/C21H24N2O4/c1-16(24)23(14-13-22-21(25)20-8-5-15-26-20)17-9-11-19(12-10-17)27-18-6-3-2-4-7-18/h2-4,6-7,9-12,20H,5,8,13-15H2,1H3,(H,22,25). The summed E-state index contributed by atoms with van der Waals surface area (Å²) in [7, 11) is 0. The highest BCUT2D eigenvalue weighted by atomic mass is 16.5. The van der Waals surface area contributed by atoms with Crippen LogP contribution in [0.2, 0.25) is 0 Å². The molecule has 1 N–H and O–H groups in total. The molecule has 1 atom stereocenters. The number of amides is 2. The van der Waals surface area contributed by atoms with E-state index in [4.69, 9.17) is 9.47 Å². The van der Waals surface area contributed by atoms with Crippen molar-refractivity contribution in [1.82, 2.24) is 5.32 Å². The van der Waals surface area contributed by atoms with E-state index in [1.54, 1.807) is 4.90 Å². The molecular weight excluding hydrogens is 344 g/mol. The topological polar surface area (TPSA) is 67.9 Å². The second-order valence-electron chi connectivity index (χ2n) is 6.37. The first kappa shape index (κ1) is 18.9. The number of benzene rings is 2. The van der Waals surface area contributed by atoms with Gasteiger partial charge < -0.3 is 19.7 Å². The summed E-state index contributed by atoms with van der Waals surface area (Å²) in [4.78, 5) is 25.6. The van der Waals surface area contributed by atoms with E-state index in [1.807, 2.05) is 54.6 Å². The fourth-order valence-electron chi connectivity index (χ4n) is 2.98. The van der Waals surface area contributed by atoms with Gasteiger partial charge in [-0.1, -0.05) is 18.2 Å². The van der Waals surface area contributed by atoms with E-state index in [0.717, 1.165) is 24.3 Å². The maximum atomic E-state index is 12.0. The quantitative estimate of drug-likeness (QED) is 0.815. The maximum Gasteiger partial charge on any atom is 0.249 e. The van der Waals surface area contributed by atoms with Crippen LogP contribution in [0.5, 0.6) is 11.5 Å². The SMILES string of the molecule is CC(=O)N(CCNC(=O)C1CCCO1)c1ccc(Oc2ccccc2)cc1. The molecular formula is C21H24N2O4. The number of carbonyl (C=O) groups is 2. The molecule has 6 heteroatoms. The van der Waals surface area contributed by atoms with Crippen LogP contribution in [0.3, 0.4) is 0 Å². The number of para-hydroxylation sites is 1. The summed E-state index contributed by atoms with van der Waals surface area (Å²) >= 11 is 0. The molecule has 1 heterocycles. The van der Waals surface area contributed by atoms with Crippen LogP contribution in [0.25, 0.3) is 0 Å². The molecule has 0 spiro atoms. The number of hydrogen-bond donors (Lipinski definition) is 1. The van der Waals surface area contributed by atoms with Crippen molar-refractivity contribution in [1.29, 1.82) is 0 Å². The molecule has 0 aliphatic carbocycles. The second kappa shape index (κ2) is 9.19. The molecule has 1 aliphatic heterocycles. The Bertz CT molecular complexity index is 756. The predicted molar refractivity (Wildman–Crippen MR) is 103 cm³/mol. The lowest BCUT2D eigenvalue weighted by molar-refractivity contribution is -0.130. The number of carbonyl (C=O) groups excluding carboxylic acids is 2. The lowest BCUT2D eigenvalue weighted by Gasteiger charge is -2.22. The Balaban J connectivity index is 1.56. The average Bonchev–Trinajstić information content (AvgIpc) is 3.21. The molecule has 2 amide bonds. The van der Waals surface area contributed by atoms with Crippen molar-refractivity contribution in [2.24, 2.45) is 0 Å². The van der Waals surface area contributed by atoms with Crippen molar-refractivity contribution in [3.63, 3.8) is 0 Å². The molecule has 0 saturated carbocycles. The van der Waals surface area contributed by atoms with Crippen molar-refractivity contribution >= 4 is 17.5 Å². The van der Waals surface area contributed by atoms with Gasteiger partial charge in [0.2, 0.25) is 11.8 Å². The highest BCUT2D eigenvalue weighted by Crippen LogP contribution is 2.24. The van der Waals surface area contributed by atoms with Gasteiger partial charge in [0.15, 0.2) is 0 Å². The largest absolute Gasteiger partial charge is 0.457 e. The van der Waals surface area contributed by atoms with Crippen molar-refractivity contribution < 1.29 is 19.1 Å². The molecule has 1 fully saturated rings. The molecule has 0 bridgehead atoms. The first-order valence-corrected chi connectivity index (χ1v) is 9.14. The van der Waals surface area contributed by atoms with Gasteiger partial charge in [0.1, 0.15) is 17.6 Å². The minimum Gasteiger partial charge on any atom is -0.457 e. The van der Waals surface area contributed by atoms with Gasteiger partial charge in [0.25, 0.3) is 0 Å². The van der Waals surface area contributed by atoms with Crippen LogP contribution in [0.1, 0.15) is 19.8 Å². The van der Waals surface area contributed by atoms with Crippen molar-refractivity contribution in [3.8, 4) is 11.5 Å². The van der Waals surface area contributed by atoms with Crippen LogP contribution in [-0.4, -0.2) is 37.6 Å². The third kappa shape index (κ3) is 5.31. The fourth-order valence-corrected chi connectivity index (χ4v) is 2.98. The van der Waals surface area contributed by atoms with Crippen LogP contribution < -0.4 is 15.0 Å². The molecule has 1 aliphatic rings. The van der Waals surface area contributed by atoms with Crippen molar-refractivity contribution in [2.75, 3.05) is 24.6 Å². The van der Waals surface area contributed by atoms with E-state index in [9.17, 15) is 9.59 Å². The summed E-state index contributed by atoms with van der Waals surface area (Å²) in [6.45, 7) is 2.92. The average molecular weight is 368 g/mol. The Labute approximate surface area is 159 Å². The van der Waals surface area contributed by atoms with Crippen LogP contribution >= 0.6 is 0 Å². The summed E-state index contributed by atoms with van der Waals surface area (Å²) in [6.07, 6.45) is 1.31. The zero-order chi connectivity index (χ0) is 19.1. The Kier molecular flexibility index (Phi) is 6.44. The molecule has 27 heavy (non-hydrogen) atoms. The minimum atomic E-state index is -0.356. The molecule has 1 unspecified atom stereocenters. The van der Waals surface area contributed by atoms with Gasteiger partial charge in [-0.05, 0) is 49.2 Å². The van der Waals surface area contributed by atoms with Crippen LogP contribution in [-0.2, 0) is 14.3 Å². The third-order valence-corrected chi connectivity index (χ3v) is 4.36. The molecule has 142 valence electrons. The summed E-state index contributed by atoms with van der Waals surface area (Å²) in [5.74, 6) is 1.26. The van der Waals surface area contributed by atoms with Crippen molar-refractivity contribution in [2.45, 2.75) is 25.9 Å².